The van der Waals surface area contributed by atoms with Gasteiger partial charge in [-0.2, -0.15) is 0 Å². The van der Waals surface area contributed by atoms with Crippen LogP contribution >= 0.6 is 0 Å². The molecule has 1 heterocycles. The molecule has 0 spiro atoms. The third kappa shape index (κ3) is 3.26. The van der Waals surface area contributed by atoms with Gasteiger partial charge in [-0.3, -0.25) is 4.98 Å². The molecule has 1 aromatic heterocycles. The van der Waals surface area contributed by atoms with E-state index >= 15 is 0 Å². The number of aromatic nitrogens is 1. The zero-order valence-corrected chi connectivity index (χ0v) is 22.5. The summed E-state index contributed by atoms with van der Waals surface area (Å²) < 4.78 is 6.87. The first-order chi connectivity index (χ1) is 19.6. The average Bonchev–Trinajstić information content (AvgIpc) is 3.23. The number of nitrogens with zero attached hydrogens (tertiary/aromatic N) is 1. The number of rotatable bonds is 3. The predicted molar refractivity (Wildman–Crippen MR) is 166 cm³/mol. The van der Waals surface area contributed by atoms with Crippen molar-refractivity contribution < 1.29 is 4.74 Å². The largest absolute Gasteiger partial charge is 0.456 e. The van der Waals surface area contributed by atoms with E-state index in [9.17, 15) is 0 Å². The van der Waals surface area contributed by atoms with Crippen molar-refractivity contribution in [3.8, 4) is 33.8 Å². The normalized spacial score (nSPS) is 13.4. The first-order valence-electron chi connectivity index (χ1n) is 13.8. The molecular weight excluding hydrogens is 486 g/mol. The van der Waals surface area contributed by atoms with Gasteiger partial charge in [0.2, 0.25) is 0 Å². The summed E-state index contributed by atoms with van der Waals surface area (Å²) in [5, 5.41) is 6.84. The summed E-state index contributed by atoms with van der Waals surface area (Å²) in [6, 6.07) is 41.1. The maximum Gasteiger partial charge on any atom is 0.143 e. The summed E-state index contributed by atoms with van der Waals surface area (Å²) in [6.45, 7) is 4.60. The van der Waals surface area contributed by atoms with Crippen molar-refractivity contribution in [3.05, 3.63) is 139 Å². The zero-order valence-electron chi connectivity index (χ0n) is 22.5. The molecule has 0 bridgehead atoms. The topological polar surface area (TPSA) is 22.1 Å². The number of hydrogen-bond acceptors (Lipinski definition) is 2. The van der Waals surface area contributed by atoms with E-state index in [0.717, 1.165) is 33.0 Å². The summed E-state index contributed by atoms with van der Waals surface area (Å²) >= 11 is 0. The molecule has 2 nitrogen and oxygen atoms in total. The van der Waals surface area contributed by atoms with Crippen LogP contribution in [0.3, 0.4) is 0 Å². The average molecular weight is 514 g/mol. The van der Waals surface area contributed by atoms with Crippen LogP contribution in [0, 0.1) is 0 Å². The summed E-state index contributed by atoms with van der Waals surface area (Å²) in [5.41, 5.74) is 7.58. The van der Waals surface area contributed by atoms with E-state index in [1.54, 1.807) is 0 Å². The van der Waals surface area contributed by atoms with E-state index in [1.165, 1.54) is 44.2 Å². The van der Waals surface area contributed by atoms with Crippen molar-refractivity contribution in [2.75, 3.05) is 0 Å². The molecule has 0 amide bonds. The van der Waals surface area contributed by atoms with Crippen LogP contribution in [0.15, 0.2) is 128 Å². The van der Waals surface area contributed by atoms with E-state index < -0.39 is 0 Å². The molecule has 0 N–H and O–H groups in total. The smallest absolute Gasteiger partial charge is 0.143 e. The van der Waals surface area contributed by atoms with E-state index in [4.69, 9.17) is 4.74 Å². The molecule has 0 aliphatic heterocycles. The minimum Gasteiger partial charge on any atom is -0.456 e. The number of hydrogen-bond donors (Lipinski definition) is 0. The molecule has 0 saturated heterocycles. The molecule has 1 aliphatic carbocycles. The van der Waals surface area contributed by atoms with Gasteiger partial charge in [-0.05, 0) is 67.7 Å². The molecule has 0 atom stereocenters. The Bertz CT molecular complexity index is 2060. The highest BCUT2D eigenvalue weighted by Gasteiger charge is 2.35. The van der Waals surface area contributed by atoms with Crippen molar-refractivity contribution >= 4 is 32.3 Å². The van der Waals surface area contributed by atoms with Crippen LogP contribution in [0.5, 0.6) is 11.5 Å². The van der Waals surface area contributed by atoms with Gasteiger partial charge in [0.25, 0.3) is 0 Å². The van der Waals surface area contributed by atoms with Crippen LogP contribution in [-0.2, 0) is 5.41 Å². The fourth-order valence-corrected chi connectivity index (χ4v) is 6.69. The summed E-state index contributed by atoms with van der Waals surface area (Å²) in [6.07, 6.45) is 3.84. The van der Waals surface area contributed by atoms with Crippen LogP contribution in [0.2, 0.25) is 0 Å². The Balaban J connectivity index is 1.36. The molecule has 0 saturated carbocycles. The second-order valence-corrected chi connectivity index (χ2v) is 11.2. The first kappa shape index (κ1) is 23.0. The molecular formula is C38H27NO. The molecule has 0 fully saturated rings. The highest BCUT2D eigenvalue weighted by atomic mass is 16.5. The minimum absolute atomic E-state index is 0.0857. The van der Waals surface area contributed by atoms with Gasteiger partial charge in [-0.25, -0.2) is 0 Å². The van der Waals surface area contributed by atoms with Crippen molar-refractivity contribution in [1.82, 2.24) is 4.98 Å². The summed E-state index contributed by atoms with van der Waals surface area (Å²) in [4.78, 5) is 4.57. The van der Waals surface area contributed by atoms with Gasteiger partial charge in [0.05, 0.1) is 0 Å². The Kier molecular flexibility index (Phi) is 4.90. The second-order valence-electron chi connectivity index (χ2n) is 11.2. The Labute approximate surface area is 233 Å². The van der Waals surface area contributed by atoms with Crippen LogP contribution in [0.4, 0.5) is 0 Å². The lowest BCUT2D eigenvalue weighted by atomic mass is 9.82. The van der Waals surface area contributed by atoms with Crippen molar-refractivity contribution in [2.24, 2.45) is 0 Å². The Morgan fingerprint density at radius 2 is 1.23 bits per heavy atom. The Morgan fingerprint density at radius 3 is 2.12 bits per heavy atom. The van der Waals surface area contributed by atoms with Gasteiger partial charge in [-0.1, -0.05) is 111 Å². The molecule has 8 rings (SSSR count). The molecule has 1 aliphatic rings. The quantitative estimate of drug-likeness (QED) is 0.219. The highest BCUT2D eigenvalue weighted by Crippen LogP contribution is 2.51. The molecule has 190 valence electrons. The van der Waals surface area contributed by atoms with Crippen LogP contribution in [-0.4, -0.2) is 4.98 Å². The van der Waals surface area contributed by atoms with Crippen LogP contribution in [0.25, 0.3) is 54.6 Å². The lowest BCUT2D eigenvalue weighted by Gasteiger charge is -2.22. The van der Waals surface area contributed by atoms with Gasteiger partial charge >= 0.3 is 0 Å². The maximum absolute atomic E-state index is 6.87. The zero-order chi connectivity index (χ0) is 26.8. The fraction of sp³-hybridized carbons (Fsp3) is 0.0789. The van der Waals surface area contributed by atoms with E-state index in [-0.39, 0.29) is 5.41 Å². The van der Waals surface area contributed by atoms with Crippen molar-refractivity contribution in [1.29, 1.82) is 0 Å². The van der Waals surface area contributed by atoms with E-state index in [2.05, 4.69) is 134 Å². The fourth-order valence-electron chi connectivity index (χ4n) is 6.69. The highest BCUT2D eigenvalue weighted by molar-refractivity contribution is 6.19. The third-order valence-corrected chi connectivity index (χ3v) is 8.61. The molecule has 7 aromatic rings. The van der Waals surface area contributed by atoms with Gasteiger partial charge in [0.1, 0.15) is 11.5 Å². The SMILES string of the molecule is CC1(C)c2ccccc2-c2ccc(Oc3c4ccccc4c(-c4cccc5ccccc45)c4cnccc34)cc21. The molecule has 0 radical (unpaired) electrons. The lowest BCUT2D eigenvalue weighted by Crippen LogP contribution is -2.14. The number of fused-ring (bicyclic) bond motifs is 6. The Morgan fingerprint density at radius 1 is 0.550 bits per heavy atom. The summed E-state index contributed by atoms with van der Waals surface area (Å²) in [5.74, 6) is 1.71. The van der Waals surface area contributed by atoms with Crippen LogP contribution in [0.1, 0.15) is 25.0 Å². The monoisotopic (exact) mass is 513 g/mol. The molecule has 40 heavy (non-hydrogen) atoms. The summed E-state index contributed by atoms with van der Waals surface area (Å²) in [7, 11) is 0. The number of ether oxygens (including phenoxy) is 1. The molecule has 0 unspecified atom stereocenters. The lowest BCUT2D eigenvalue weighted by molar-refractivity contribution is 0.491. The molecule has 2 heteroatoms. The number of benzene rings is 6. The Hall–Kier alpha value is -4.95. The van der Waals surface area contributed by atoms with Gasteiger partial charge in [0, 0.05) is 34.0 Å². The van der Waals surface area contributed by atoms with Gasteiger partial charge < -0.3 is 4.74 Å². The number of pyridine rings is 1. The van der Waals surface area contributed by atoms with E-state index in [0.29, 0.717) is 0 Å². The second kappa shape index (κ2) is 8.53. The standard InChI is InChI=1S/C38H27NO/c1-38(2)34-17-8-7-13-27(34)28-19-18-25(22-35(28)38)40-37-31-15-6-5-14-30(31)36(33-23-39-21-20-32(33)37)29-16-9-11-24-10-3-4-12-26(24)29/h3-23H,1-2H3. The van der Waals surface area contributed by atoms with E-state index in [1.807, 2.05) is 12.4 Å². The minimum atomic E-state index is -0.0857. The maximum atomic E-state index is 6.87. The predicted octanol–water partition coefficient (Wildman–Crippen LogP) is 10.3. The van der Waals surface area contributed by atoms with Crippen molar-refractivity contribution in [2.45, 2.75) is 19.3 Å². The first-order valence-corrected chi connectivity index (χ1v) is 13.8. The van der Waals surface area contributed by atoms with Gasteiger partial charge in [0.15, 0.2) is 0 Å². The van der Waals surface area contributed by atoms with Crippen molar-refractivity contribution in [3.63, 3.8) is 0 Å². The molecule has 6 aromatic carbocycles. The van der Waals surface area contributed by atoms with Crippen LogP contribution < -0.4 is 4.74 Å². The van der Waals surface area contributed by atoms with Gasteiger partial charge in [-0.15, -0.1) is 0 Å². The third-order valence-electron chi connectivity index (χ3n) is 8.61.